The molecule has 0 aliphatic heterocycles. The van der Waals surface area contributed by atoms with Gasteiger partial charge in [0, 0.05) is 19.3 Å². The summed E-state index contributed by atoms with van der Waals surface area (Å²) in [6.07, 6.45) is 87.0. The van der Waals surface area contributed by atoms with Crippen LogP contribution in [0.4, 0.5) is 0 Å². The van der Waals surface area contributed by atoms with Gasteiger partial charge in [-0.05, 0) is 83.5 Å². The molecule has 0 aromatic carbocycles. The summed E-state index contributed by atoms with van der Waals surface area (Å²) >= 11 is 0. The van der Waals surface area contributed by atoms with Gasteiger partial charge in [-0.25, -0.2) is 0 Å². The topological polar surface area (TPSA) is 78.9 Å². The van der Waals surface area contributed by atoms with Crippen LogP contribution in [0, 0.1) is 0 Å². The smallest absolute Gasteiger partial charge is 0.306 e. The van der Waals surface area contributed by atoms with Crippen molar-refractivity contribution >= 4 is 17.9 Å². The first-order valence-corrected chi connectivity index (χ1v) is 32.7. The standard InChI is InChI=1S/C71H122O6/c1-4-7-10-13-16-19-22-25-28-30-31-32-33-34-35-36-37-38-39-41-43-46-49-52-55-58-61-64-70(73)76-67-68(66-75-69(72)63-60-57-54-51-48-45-42-27-24-21-18-15-12-9-6-3)77-71(74)65-62-59-56-53-50-47-44-40-29-26-23-20-17-14-11-8-5-2/h7,10,16,19,25,28,31-32,34-35,37-38,41,43,49,52,68H,4-6,8-9,11-15,17-18,20-24,26-27,29-30,33,36,39-40,42,44-48,50-51,53-67H2,1-3H3/b10-7-,19-16-,28-25-,32-31-,35-34-,38-37-,43-41-,52-49-. The summed E-state index contributed by atoms with van der Waals surface area (Å²) in [7, 11) is 0. The Balaban J connectivity index is 4.41. The highest BCUT2D eigenvalue weighted by Crippen LogP contribution is 2.17. The van der Waals surface area contributed by atoms with E-state index in [2.05, 4.69) is 118 Å². The van der Waals surface area contributed by atoms with E-state index in [4.69, 9.17) is 14.2 Å². The summed E-state index contributed by atoms with van der Waals surface area (Å²) < 4.78 is 16.9. The first-order valence-electron chi connectivity index (χ1n) is 32.7. The lowest BCUT2D eigenvalue weighted by Gasteiger charge is -2.18. The van der Waals surface area contributed by atoms with E-state index in [1.54, 1.807) is 0 Å². The third-order valence-corrected chi connectivity index (χ3v) is 14.1. The maximum Gasteiger partial charge on any atom is 0.306 e. The van der Waals surface area contributed by atoms with Crippen molar-refractivity contribution in [1.29, 1.82) is 0 Å². The molecule has 0 bridgehead atoms. The van der Waals surface area contributed by atoms with Crippen LogP contribution in [0.25, 0.3) is 0 Å². The molecule has 0 aliphatic rings. The lowest BCUT2D eigenvalue weighted by atomic mass is 10.0. The van der Waals surface area contributed by atoms with Gasteiger partial charge in [0.2, 0.25) is 0 Å². The number of hydrogen-bond donors (Lipinski definition) is 0. The molecular weight excluding hydrogens is 949 g/mol. The van der Waals surface area contributed by atoms with Crippen LogP contribution < -0.4 is 0 Å². The third kappa shape index (κ3) is 63.0. The average molecular weight is 1070 g/mol. The van der Waals surface area contributed by atoms with E-state index in [9.17, 15) is 14.4 Å². The predicted molar refractivity (Wildman–Crippen MR) is 334 cm³/mol. The van der Waals surface area contributed by atoms with Gasteiger partial charge in [0.1, 0.15) is 13.2 Å². The number of hydrogen-bond acceptors (Lipinski definition) is 6. The maximum absolute atomic E-state index is 12.9. The van der Waals surface area contributed by atoms with Crippen molar-refractivity contribution in [3.05, 3.63) is 97.2 Å². The molecule has 0 saturated heterocycles. The fourth-order valence-electron chi connectivity index (χ4n) is 9.23. The number of carbonyl (C=O) groups is 3. The number of rotatable bonds is 59. The van der Waals surface area contributed by atoms with Crippen molar-refractivity contribution < 1.29 is 28.6 Å². The molecule has 1 atom stereocenters. The zero-order valence-electron chi connectivity index (χ0n) is 50.7. The quantitative estimate of drug-likeness (QED) is 0.0261. The Kier molecular flexibility index (Phi) is 61.8. The van der Waals surface area contributed by atoms with Crippen LogP contribution in [0.2, 0.25) is 0 Å². The van der Waals surface area contributed by atoms with Gasteiger partial charge < -0.3 is 14.2 Å². The molecule has 6 nitrogen and oxygen atoms in total. The summed E-state index contributed by atoms with van der Waals surface area (Å²) in [5.74, 6) is -0.917. The van der Waals surface area contributed by atoms with Crippen LogP contribution in [0.1, 0.15) is 316 Å². The SMILES string of the molecule is CC/C=C\C/C=C\C/C=C\C/C=C\C/C=C\C/C=C\C/C=C\C/C=C\CCCCC(=O)OCC(COC(=O)CCCCCCCCCCCCCCCCC)OC(=O)CCCCCCCCCCCCCCCCCCC. The van der Waals surface area contributed by atoms with Gasteiger partial charge in [-0.15, -0.1) is 0 Å². The number of esters is 3. The lowest BCUT2D eigenvalue weighted by molar-refractivity contribution is -0.167. The molecular formula is C71H122O6. The summed E-state index contributed by atoms with van der Waals surface area (Å²) in [6.45, 7) is 6.53. The summed E-state index contributed by atoms with van der Waals surface area (Å²) in [5.41, 5.74) is 0. The zero-order valence-corrected chi connectivity index (χ0v) is 50.7. The Morgan fingerprint density at radius 3 is 0.792 bits per heavy atom. The molecule has 0 rings (SSSR count). The van der Waals surface area contributed by atoms with E-state index in [1.165, 1.54) is 167 Å². The Labute approximate surface area is 477 Å². The molecule has 0 fully saturated rings. The second-order valence-electron chi connectivity index (χ2n) is 21.7. The van der Waals surface area contributed by atoms with Crippen molar-refractivity contribution in [3.63, 3.8) is 0 Å². The molecule has 0 heterocycles. The number of ether oxygens (including phenoxy) is 3. The minimum absolute atomic E-state index is 0.0870. The number of unbranched alkanes of at least 4 members (excludes halogenated alkanes) is 32. The van der Waals surface area contributed by atoms with E-state index in [-0.39, 0.29) is 31.1 Å². The Hall–Kier alpha value is -3.67. The molecule has 0 N–H and O–H groups in total. The first kappa shape index (κ1) is 73.3. The highest BCUT2D eigenvalue weighted by Gasteiger charge is 2.19. The Morgan fingerprint density at radius 2 is 0.506 bits per heavy atom. The summed E-state index contributed by atoms with van der Waals surface area (Å²) in [4.78, 5) is 38.3. The average Bonchev–Trinajstić information content (AvgIpc) is 3.43. The van der Waals surface area contributed by atoms with E-state index in [1.807, 2.05) is 0 Å². The van der Waals surface area contributed by atoms with Crippen molar-refractivity contribution in [2.24, 2.45) is 0 Å². The summed E-state index contributed by atoms with van der Waals surface area (Å²) in [6, 6.07) is 0. The van der Waals surface area contributed by atoms with E-state index in [0.717, 1.165) is 109 Å². The number of carbonyl (C=O) groups excluding carboxylic acids is 3. The highest BCUT2D eigenvalue weighted by molar-refractivity contribution is 5.71. The Morgan fingerprint density at radius 1 is 0.273 bits per heavy atom. The highest BCUT2D eigenvalue weighted by atomic mass is 16.6. The first-order chi connectivity index (χ1) is 38.0. The molecule has 0 amide bonds. The van der Waals surface area contributed by atoms with Crippen LogP contribution in [0.3, 0.4) is 0 Å². The number of allylic oxidation sites excluding steroid dienone is 16. The second kappa shape index (κ2) is 64.9. The minimum Gasteiger partial charge on any atom is -0.462 e. The maximum atomic E-state index is 12.9. The third-order valence-electron chi connectivity index (χ3n) is 14.1. The van der Waals surface area contributed by atoms with Crippen molar-refractivity contribution in [3.8, 4) is 0 Å². The van der Waals surface area contributed by atoms with Gasteiger partial charge >= 0.3 is 17.9 Å². The van der Waals surface area contributed by atoms with Crippen LogP contribution in [0.5, 0.6) is 0 Å². The van der Waals surface area contributed by atoms with Crippen LogP contribution in [-0.4, -0.2) is 37.2 Å². The van der Waals surface area contributed by atoms with E-state index in [0.29, 0.717) is 19.3 Å². The molecule has 77 heavy (non-hydrogen) atoms. The van der Waals surface area contributed by atoms with Gasteiger partial charge in [-0.1, -0.05) is 311 Å². The molecule has 442 valence electrons. The molecule has 0 aromatic heterocycles. The van der Waals surface area contributed by atoms with Crippen molar-refractivity contribution in [1.82, 2.24) is 0 Å². The van der Waals surface area contributed by atoms with E-state index < -0.39 is 6.10 Å². The largest absolute Gasteiger partial charge is 0.462 e. The summed E-state index contributed by atoms with van der Waals surface area (Å²) in [5, 5.41) is 0. The van der Waals surface area contributed by atoms with Gasteiger partial charge in [-0.2, -0.15) is 0 Å². The second-order valence-corrected chi connectivity index (χ2v) is 21.7. The zero-order chi connectivity index (χ0) is 55.7. The van der Waals surface area contributed by atoms with Gasteiger partial charge in [-0.3, -0.25) is 14.4 Å². The predicted octanol–water partition coefficient (Wildman–Crippen LogP) is 22.4. The van der Waals surface area contributed by atoms with Crippen molar-refractivity contribution in [2.75, 3.05) is 13.2 Å². The van der Waals surface area contributed by atoms with Gasteiger partial charge in [0.05, 0.1) is 0 Å². The molecule has 6 heteroatoms. The molecule has 0 radical (unpaired) electrons. The van der Waals surface area contributed by atoms with Crippen molar-refractivity contribution in [2.45, 2.75) is 322 Å². The van der Waals surface area contributed by atoms with E-state index >= 15 is 0 Å². The molecule has 0 aliphatic carbocycles. The fraction of sp³-hybridized carbons (Fsp3) is 0.732. The molecule has 0 spiro atoms. The van der Waals surface area contributed by atoms with Crippen LogP contribution in [0.15, 0.2) is 97.2 Å². The monoisotopic (exact) mass is 1070 g/mol. The minimum atomic E-state index is -0.794. The normalized spacial score (nSPS) is 12.7. The lowest BCUT2D eigenvalue weighted by Crippen LogP contribution is -2.30. The van der Waals surface area contributed by atoms with Gasteiger partial charge in [0.25, 0.3) is 0 Å². The Bertz CT molecular complexity index is 1510. The fourth-order valence-corrected chi connectivity index (χ4v) is 9.23. The molecule has 1 unspecified atom stereocenters. The van der Waals surface area contributed by atoms with Crippen LogP contribution >= 0.6 is 0 Å². The van der Waals surface area contributed by atoms with Crippen LogP contribution in [-0.2, 0) is 28.6 Å². The molecule has 0 saturated carbocycles. The van der Waals surface area contributed by atoms with Gasteiger partial charge in [0.15, 0.2) is 6.10 Å². The molecule has 0 aromatic rings.